The summed E-state index contributed by atoms with van der Waals surface area (Å²) in [6.45, 7) is 9.61. The zero-order valence-corrected chi connectivity index (χ0v) is 21.5. The molecule has 1 saturated heterocycles. The lowest BCUT2D eigenvalue weighted by Gasteiger charge is -2.35. The molecule has 10 heteroatoms. The molecule has 0 aromatic heterocycles. The van der Waals surface area contributed by atoms with Crippen molar-refractivity contribution in [3.63, 3.8) is 0 Å². The van der Waals surface area contributed by atoms with Gasteiger partial charge in [-0.25, -0.2) is 4.90 Å². The number of amides is 3. The van der Waals surface area contributed by atoms with E-state index in [1.165, 1.54) is 19.1 Å². The molecule has 0 bridgehead atoms. The molecule has 0 aliphatic carbocycles. The number of alkyl halides is 3. The lowest BCUT2D eigenvalue weighted by molar-refractivity contribution is -0.138. The van der Waals surface area contributed by atoms with Gasteiger partial charge >= 0.3 is 6.18 Å². The number of benzene rings is 1. The first kappa shape index (κ1) is 28.4. The normalized spacial score (nSPS) is 17.2. The fraction of sp³-hybridized carbons (Fsp3) is 0.556. The maximum atomic E-state index is 13.4. The van der Waals surface area contributed by atoms with Gasteiger partial charge in [0.25, 0.3) is 11.8 Å². The first-order valence-corrected chi connectivity index (χ1v) is 12.6. The lowest BCUT2D eigenvalue weighted by Crippen LogP contribution is -2.49. The topological polar surface area (TPSA) is 84.7 Å². The van der Waals surface area contributed by atoms with E-state index in [0.29, 0.717) is 36.8 Å². The summed E-state index contributed by atoms with van der Waals surface area (Å²) in [6.07, 6.45) is -1.43. The van der Waals surface area contributed by atoms with Crippen LogP contribution in [0.4, 0.5) is 18.9 Å². The monoisotopic (exact) mass is 518 g/mol. The van der Waals surface area contributed by atoms with Crippen molar-refractivity contribution in [2.24, 2.45) is 5.92 Å². The van der Waals surface area contributed by atoms with Gasteiger partial charge in [0.15, 0.2) is 0 Å². The van der Waals surface area contributed by atoms with Crippen LogP contribution >= 0.6 is 0 Å². The molecule has 7 nitrogen and oxygen atoms in total. The van der Waals surface area contributed by atoms with Gasteiger partial charge in [-0.2, -0.15) is 18.4 Å². The van der Waals surface area contributed by atoms with E-state index in [1.807, 2.05) is 18.7 Å². The molecule has 0 radical (unpaired) electrons. The van der Waals surface area contributed by atoms with Crippen LogP contribution in [0.5, 0.6) is 0 Å². The van der Waals surface area contributed by atoms with Gasteiger partial charge in [0.2, 0.25) is 5.91 Å². The predicted molar refractivity (Wildman–Crippen MR) is 132 cm³/mol. The molecule has 1 aromatic carbocycles. The third-order valence-electron chi connectivity index (χ3n) is 6.83. The molecule has 0 saturated carbocycles. The summed E-state index contributed by atoms with van der Waals surface area (Å²) >= 11 is 0. The van der Waals surface area contributed by atoms with Crippen LogP contribution in [0.1, 0.15) is 64.0 Å². The number of hydrogen-bond donors (Lipinski definition) is 0. The van der Waals surface area contributed by atoms with Crippen molar-refractivity contribution in [1.29, 1.82) is 5.26 Å². The van der Waals surface area contributed by atoms with E-state index >= 15 is 0 Å². The van der Waals surface area contributed by atoms with Gasteiger partial charge in [0.1, 0.15) is 0 Å². The third-order valence-corrected chi connectivity index (χ3v) is 6.83. The maximum Gasteiger partial charge on any atom is 0.417 e. The Morgan fingerprint density at radius 2 is 1.73 bits per heavy atom. The quantitative estimate of drug-likeness (QED) is 0.355. The Labute approximate surface area is 215 Å². The number of halogens is 3. The third kappa shape index (κ3) is 6.77. The number of imide groups is 1. The molecule has 0 spiro atoms. The first-order chi connectivity index (χ1) is 17.4. The summed E-state index contributed by atoms with van der Waals surface area (Å²) in [5.74, 6) is -0.691. The van der Waals surface area contributed by atoms with Gasteiger partial charge in [0.05, 0.1) is 22.9 Å². The Kier molecular flexibility index (Phi) is 9.13. The van der Waals surface area contributed by atoms with E-state index in [-0.39, 0.29) is 17.2 Å². The van der Waals surface area contributed by atoms with Crippen LogP contribution in [0.25, 0.3) is 0 Å². The number of anilines is 1. The summed E-state index contributed by atoms with van der Waals surface area (Å²) in [6, 6.07) is 4.35. The Hall–Kier alpha value is -3.19. The highest BCUT2D eigenvalue weighted by molar-refractivity contribution is 6.32. The lowest BCUT2D eigenvalue weighted by atomic mass is 10.0. The zero-order chi connectivity index (χ0) is 27.3. The van der Waals surface area contributed by atoms with Crippen LogP contribution in [0.3, 0.4) is 0 Å². The molecule has 1 fully saturated rings. The number of carbonyl (C=O) groups is 3. The highest BCUT2D eigenvalue weighted by atomic mass is 19.4. The number of nitriles is 1. The summed E-state index contributed by atoms with van der Waals surface area (Å²) in [5.41, 5.74) is -1.37. The molecular weight excluding hydrogens is 485 g/mol. The van der Waals surface area contributed by atoms with Crippen molar-refractivity contribution in [3.05, 3.63) is 40.5 Å². The van der Waals surface area contributed by atoms with Gasteiger partial charge in [-0.05, 0) is 56.8 Å². The second-order valence-electron chi connectivity index (χ2n) is 10.0. The minimum absolute atomic E-state index is 0.193. The van der Waals surface area contributed by atoms with Crippen molar-refractivity contribution in [1.82, 2.24) is 9.80 Å². The molecule has 3 rings (SSSR count). The van der Waals surface area contributed by atoms with Crippen molar-refractivity contribution in [3.8, 4) is 6.07 Å². The SMILES string of the molecule is CC1=C(CCCCCN2CCN(C(=O)CC(C)C)CC2)C(=O)N(c2ccc(C#N)c(C(F)(F)F)c2)C1=O. The standard InChI is InChI=1S/C27H33F3N4O3/c1-18(2)15-24(35)33-13-11-32(12-14-33)10-6-4-5-7-22-19(3)25(36)34(26(22)37)21-9-8-20(17-31)23(16-21)27(28,29)30/h8-9,16,18H,4-7,10-15H2,1-3H3. The van der Waals surface area contributed by atoms with Gasteiger partial charge in [0, 0.05) is 43.7 Å². The van der Waals surface area contributed by atoms with Crippen LogP contribution < -0.4 is 4.90 Å². The number of unbranched alkanes of at least 4 members (excludes halogenated alkanes) is 2. The minimum atomic E-state index is -4.78. The predicted octanol–water partition coefficient (Wildman–Crippen LogP) is 4.52. The van der Waals surface area contributed by atoms with Crippen LogP contribution in [-0.2, 0) is 20.6 Å². The second-order valence-corrected chi connectivity index (χ2v) is 10.0. The number of carbonyl (C=O) groups excluding carboxylic acids is 3. The zero-order valence-electron chi connectivity index (χ0n) is 21.5. The molecule has 2 aliphatic heterocycles. The Bertz CT molecular complexity index is 1110. The van der Waals surface area contributed by atoms with Crippen LogP contribution in [0.2, 0.25) is 0 Å². The Morgan fingerprint density at radius 1 is 1.05 bits per heavy atom. The fourth-order valence-corrected chi connectivity index (χ4v) is 4.73. The highest BCUT2D eigenvalue weighted by Crippen LogP contribution is 2.36. The summed E-state index contributed by atoms with van der Waals surface area (Å²) in [4.78, 5) is 42.9. The largest absolute Gasteiger partial charge is 0.417 e. The second kappa shape index (κ2) is 11.9. The summed E-state index contributed by atoms with van der Waals surface area (Å²) in [7, 11) is 0. The van der Waals surface area contributed by atoms with Gasteiger partial charge in [-0.1, -0.05) is 20.3 Å². The van der Waals surface area contributed by atoms with E-state index < -0.39 is 29.1 Å². The number of nitrogens with zero attached hydrogens (tertiary/aromatic N) is 4. The number of piperazine rings is 1. The maximum absolute atomic E-state index is 13.4. The van der Waals surface area contributed by atoms with E-state index in [0.717, 1.165) is 56.5 Å². The number of rotatable bonds is 9. The Balaban J connectivity index is 1.49. The molecule has 1 aromatic rings. The molecule has 0 unspecified atom stereocenters. The van der Waals surface area contributed by atoms with Gasteiger partial charge < -0.3 is 4.90 Å². The van der Waals surface area contributed by atoms with E-state index in [4.69, 9.17) is 5.26 Å². The molecule has 0 atom stereocenters. The molecule has 3 amide bonds. The molecule has 2 aliphatic rings. The highest BCUT2D eigenvalue weighted by Gasteiger charge is 2.39. The van der Waals surface area contributed by atoms with Crippen molar-refractivity contribution in [2.45, 2.75) is 59.1 Å². The van der Waals surface area contributed by atoms with Crippen molar-refractivity contribution >= 4 is 23.4 Å². The smallest absolute Gasteiger partial charge is 0.340 e. The fourth-order valence-electron chi connectivity index (χ4n) is 4.73. The molecule has 200 valence electrons. The van der Waals surface area contributed by atoms with E-state index in [2.05, 4.69) is 4.90 Å². The number of hydrogen-bond acceptors (Lipinski definition) is 5. The van der Waals surface area contributed by atoms with E-state index in [9.17, 15) is 27.6 Å². The molecule has 37 heavy (non-hydrogen) atoms. The molecular formula is C27H33F3N4O3. The van der Waals surface area contributed by atoms with Crippen molar-refractivity contribution < 1.29 is 27.6 Å². The Morgan fingerprint density at radius 3 is 2.32 bits per heavy atom. The molecule has 2 heterocycles. The van der Waals surface area contributed by atoms with Gasteiger partial charge in [-0.3, -0.25) is 19.3 Å². The van der Waals surface area contributed by atoms with E-state index in [1.54, 1.807) is 0 Å². The van der Waals surface area contributed by atoms with Crippen LogP contribution in [0.15, 0.2) is 29.3 Å². The summed E-state index contributed by atoms with van der Waals surface area (Å²) < 4.78 is 40.1. The average molecular weight is 519 g/mol. The average Bonchev–Trinajstić information content (AvgIpc) is 3.05. The molecule has 0 N–H and O–H groups in total. The van der Waals surface area contributed by atoms with Crippen molar-refractivity contribution in [2.75, 3.05) is 37.6 Å². The van der Waals surface area contributed by atoms with Crippen LogP contribution in [0, 0.1) is 17.2 Å². The van der Waals surface area contributed by atoms with Gasteiger partial charge in [-0.15, -0.1) is 0 Å². The minimum Gasteiger partial charge on any atom is -0.340 e. The van der Waals surface area contributed by atoms with Crippen LogP contribution in [-0.4, -0.2) is 60.2 Å². The first-order valence-electron chi connectivity index (χ1n) is 12.6. The summed E-state index contributed by atoms with van der Waals surface area (Å²) in [5, 5.41) is 8.99.